The number of hydrogen-bond donors (Lipinski definition) is 3. The zero-order valence-electron chi connectivity index (χ0n) is 14.8. The highest BCUT2D eigenvalue weighted by molar-refractivity contribution is 9.10. The SMILES string of the molecule is CCC(CC)C(=O)Nc1c[nH]c2ncc(Br)c(N3CCCC(N)C3)c12. The molecule has 0 saturated carbocycles. The van der Waals surface area contributed by atoms with Gasteiger partial charge in [-0.3, -0.25) is 4.79 Å². The van der Waals surface area contributed by atoms with Crippen LogP contribution in [-0.4, -0.2) is 35.0 Å². The van der Waals surface area contributed by atoms with Crippen molar-refractivity contribution in [2.45, 2.75) is 45.6 Å². The minimum Gasteiger partial charge on any atom is -0.368 e. The van der Waals surface area contributed by atoms with Crippen LogP contribution in [0.3, 0.4) is 0 Å². The van der Waals surface area contributed by atoms with E-state index in [9.17, 15) is 4.79 Å². The average molecular weight is 408 g/mol. The van der Waals surface area contributed by atoms with Crippen LogP contribution in [0.15, 0.2) is 16.9 Å². The summed E-state index contributed by atoms with van der Waals surface area (Å²) in [5.74, 6) is 0.0871. The molecule has 6 nitrogen and oxygen atoms in total. The summed E-state index contributed by atoms with van der Waals surface area (Å²) in [5, 5.41) is 4.04. The Hall–Kier alpha value is -1.60. The average Bonchev–Trinajstić information content (AvgIpc) is 2.99. The van der Waals surface area contributed by atoms with Crippen molar-refractivity contribution in [1.82, 2.24) is 9.97 Å². The second-order valence-corrected chi connectivity index (χ2v) is 7.59. The molecule has 3 rings (SSSR count). The first-order valence-corrected chi connectivity index (χ1v) is 9.81. The molecule has 1 atom stereocenters. The number of H-pyrrole nitrogens is 1. The highest BCUT2D eigenvalue weighted by Gasteiger charge is 2.24. The van der Waals surface area contributed by atoms with E-state index in [0.29, 0.717) is 0 Å². The van der Waals surface area contributed by atoms with Crippen molar-refractivity contribution in [3.63, 3.8) is 0 Å². The molecule has 0 bridgehead atoms. The van der Waals surface area contributed by atoms with Gasteiger partial charge in [0, 0.05) is 37.4 Å². The first kappa shape index (κ1) is 18.2. The van der Waals surface area contributed by atoms with Gasteiger partial charge in [-0.15, -0.1) is 0 Å². The molecular formula is C18H26BrN5O. The van der Waals surface area contributed by atoms with E-state index < -0.39 is 0 Å². The lowest BCUT2D eigenvalue weighted by atomic mass is 10.0. The normalized spacial score (nSPS) is 18.1. The van der Waals surface area contributed by atoms with Gasteiger partial charge in [0.05, 0.1) is 21.2 Å². The molecule has 1 unspecified atom stereocenters. The largest absolute Gasteiger partial charge is 0.368 e. The lowest BCUT2D eigenvalue weighted by molar-refractivity contribution is -0.120. The summed E-state index contributed by atoms with van der Waals surface area (Å²) in [6.45, 7) is 5.85. The Morgan fingerprint density at radius 3 is 2.96 bits per heavy atom. The van der Waals surface area contributed by atoms with Gasteiger partial charge in [0.1, 0.15) is 5.65 Å². The number of nitrogens with one attached hydrogen (secondary N) is 2. The van der Waals surface area contributed by atoms with Crippen LogP contribution in [0, 0.1) is 5.92 Å². The summed E-state index contributed by atoms with van der Waals surface area (Å²) in [5.41, 5.74) is 8.80. The van der Waals surface area contributed by atoms with E-state index in [-0.39, 0.29) is 17.9 Å². The number of piperidine rings is 1. The molecule has 2 aromatic heterocycles. The molecular weight excluding hydrogens is 382 g/mol. The van der Waals surface area contributed by atoms with E-state index in [4.69, 9.17) is 5.73 Å². The lowest BCUT2D eigenvalue weighted by Crippen LogP contribution is -2.43. The Morgan fingerprint density at radius 2 is 2.28 bits per heavy atom. The van der Waals surface area contributed by atoms with Crippen LogP contribution in [0.4, 0.5) is 11.4 Å². The van der Waals surface area contributed by atoms with Crippen molar-refractivity contribution in [1.29, 1.82) is 0 Å². The van der Waals surface area contributed by atoms with Gasteiger partial charge in [-0.05, 0) is 41.6 Å². The van der Waals surface area contributed by atoms with Gasteiger partial charge in [-0.25, -0.2) is 4.98 Å². The van der Waals surface area contributed by atoms with Crippen LogP contribution in [0.1, 0.15) is 39.5 Å². The number of rotatable bonds is 5. The molecule has 0 spiro atoms. The lowest BCUT2D eigenvalue weighted by Gasteiger charge is -2.33. The monoisotopic (exact) mass is 407 g/mol. The van der Waals surface area contributed by atoms with Gasteiger partial charge in [0.2, 0.25) is 5.91 Å². The summed E-state index contributed by atoms with van der Waals surface area (Å²) in [6, 6.07) is 0.172. The number of aromatic nitrogens is 2. The van der Waals surface area contributed by atoms with Crippen molar-refractivity contribution in [2.75, 3.05) is 23.3 Å². The Labute approximate surface area is 156 Å². The maximum absolute atomic E-state index is 12.6. The van der Waals surface area contributed by atoms with Crippen LogP contribution < -0.4 is 16.0 Å². The number of pyridine rings is 1. The van der Waals surface area contributed by atoms with Crippen molar-refractivity contribution in [3.8, 4) is 0 Å². The molecule has 25 heavy (non-hydrogen) atoms. The zero-order chi connectivity index (χ0) is 18.0. The first-order valence-electron chi connectivity index (χ1n) is 9.02. The van der Waals surface area contributed by atoms with Crippen LogP contribution in [0.2, 0.25) is 0 Å². The number of carbonyl (C=O) groups is 1. The quantitative estimate of drug-likeness (QED) is 0.705. The maximum Gasteiger partial charge on any atom is 0.227 e. The topological polar surface area (TPSA) is 87.0 Å². The van der Waals surface area contributed by atoms with Gasteiger partial charge in [-0.1, -0.05) is 13.8 Å². The third kappa shape index (κ3) is 3.67. The number of nitrogens with two attached hydrogens (primary N) is 1. The maximum atomic E-state index is 12.6. The first-order chi connectivity index (χ1) is 12.0. The van der Waals surface area contributed by atoms with Crippen molar-refractivity contribution >= 4 is 44.2 Å². The molecule has 1 aliphatic rings. The summed E-state index contributed by atoms with van der Waals surface area (Å²) in [7, 11) is 0. The second-order valence-electron chi connectivity index (χ2n) is 6.73. The van der Waals surface area contributed by atoms with E-state index >= 15 is 0 Å². The van der Waals surface area contributed by atoms with Crippen LogP contribution in [-0.2, 0) is 4.79 Å². The van der Waals surface area contributed by atoms with Gasteiger partial charge in [0.25, 0.3) is 0 Å². The van der Waals surface area contributed by atoms with Crippen LogP contribution in [0.25, 0.3) is 11.0 Å². The zero-order valence-corrected chi connectivity index (χ0v) is 16.4. The predicted molar refractivity (Wildman–Crippen MR) is 106 cm³/mol. The number of fused-ring (bicyclic) bond motifs is 1. The summed E-state index contributed by atoms with van der Waals surface area (Å²) >= 11 is 3.64. The molecule has 1 saturated heterocycles. The fourth-order valence-electron chi connectivity index (χ4n) is 3.57. The molecule has 2 aromatic rings. The number of hydrogen-bond acceptors (Lipinski definition) is 4. The molecule has 1 fully saturated rings. The van der Waals surface area contributed by atoms with Crippen molar-refractivity contribution in [3.05, 3.63) is 16.9 Å². The Kier molecular flexibility index (Phi) is 5.64. The summed E-state index contributed by atoms with van der Waals surface area (Å²) in [6.07, 6.45) is 7.42. The third-order valence-corrected chi connectivity index (χ3v) is 5.60. The van der Waals surface area contributed by atoms with E-state index in [1.807, 2.05) is 20.0 Å². The van der Waals surface area contributed by atoms with Crippen molar-refractivity contribution in [2.24, 2.45) is 11.7 Å². The Balaban J connectivity index is 2.00. The van der Waals surface area contributed by atoms with Gasteiger partial charge in [-0.2, -0.15) is 0 Å². The minimum absolute atomic E-state index is 0.0249. The molecule has 136 valence electrons. The molecule has 1 aliphatic heterocycles. The number of amides is 1. The molecule has 1 amide bonds. The van der Waals surface area contributed by atoms with E-state index in [0.717, 1.165) is 65.7 Å². The minimum atomic E-state index is 0.0249. The predicted octanol–water partition coefficient (Wildman–Crippen LogP) is 3.63. The fraction of sp³-hybridized carbons (Fsp3) is 0.556. The van der Waals surface area contributed by atoms with E-state index in [1.54, 1.807) is 6.20 Å². The number of halogens is 1. The Bertz CT molecular complexity index is 755. The smallest absolute Gasteiger partial charge is 0.227 e. The number of carbonyl (C=O) groups excluding carboxylic acids is 1. The van der Waals surface area contributed by atoms with Crippen LogP contribution >= 0.6 is 15.9 Å². The number of aromatic amines is 1. The molecule has 0 aromatic carbocycles. The van der Waals surface area contributed by atoms with Gasteiger partial charge in [0.15, 0.2) is 0 Å². The summed E-state index contributed by atoms with van der Waals surface area (Å²) < 4.78 is 0.923. The van der Waals surface area contributed by atoms with Gasteiger partial charge >= 0.3 is 0 Å². The second kappa shape index (κ2) is 7.74. The molecule has 0 radical (unpaired) electrons. The molecule has 0 aliphatic carbocycles. The van der Waals surface area contributed by atoms with Crippen molar-refractivity contribution < 1.29 is 4.79 Å². The Morgan fingerprint density at radius 1 is 1.52 bits per heavy atom. The number of nitrogens with zero attached hydrogens (tertiary/aromatic N) is 2. The van der Waals surface area contributed by atoms with Crippen LogP contribution in [0.5, 0.6) is 0 Å². The highest BCUT2D eigenvalue weighted by Crippen LogP contribution is 2.39. The molecule has 7 heteroatoms. The summed E-state index contributed by atoms with van der Waals surface area (Å²) in [4.78, 5) is 22.5. The fourth-order valence-corrected chi connectivity index (χ4v) is 4.12. The standard InChI is InChI=1S/C18H26BrN5O/c1-3-11(4-2)18(25)23-14-9-22-17-15(14)16(13(19)8-21-17)24-7-5-6-12(20)10-24/h8-9,11-12H,3-7,10,20H2,1-2H3,(H,21,22)(H,23,25). The number of anilines is 2. The molecule has 4 N–H and O–H groups in total. The molecule has 3 heterocycles. The van der Waals surface area contributed by atoms with E-state index in [1.165, 1.54) is 0 Å². The van der Waals surface area contributed by atoms with Gasteiger partial charge < -0.3 is 20.9 Å². The highest BCUT2D eigenvalue weighted by atomic mass is 79.9. The third-order valence-electron chi connectivity index (χ3n) is 5.02. The van der Waals surface area contributed by atoms with E-state index in [2.05, 4.69) is 36.1 Å².